The maximum atomic E-state index is 14.5. The van der Waals surface area contributed by atoms with E-state index in [-0.39, 0.29) is 49.2 Å². The van der Waals surface area contributed by atoms with Crippen molar-refractivity contribution in [2.24, 2.45) is 0 Å². The van der Waals surface area contributed by atoms with Gasteiger partial charge in [-0.1, -0.05) is 60.7 Å². The van der Waals surface area contributed by atoms with Crippen LogP contribution in [0.2, 0.25) is 0 Å². The van der Waals surface area contributed by atoms with E-state index in [2.05, 4.69) is 22.0 Å². The topological polar surface area (TPSA) is 133 Å². The van der Waals surface area contributed by atoms with Gasteiger partial charge in [0.15, 0.2) is 11.6 Å². The molecule has 12 heteroatoms. The van der Waals surface area contributed by atoms with Crippen LogP contribution in [0.4, 0.5) is 19.3 Å². The van der Waals surface area contributed by atoms with Gasteiger partial charge in [-0.15, -0.1) is 0 Å². The molecule has 250 valence electrons. The highest BCUT2D eigenvalue weighted by atomic mass is 19.2. The second-order valence-corrected chi connectivity index (χ2v) is 11.8. The van der Waals surface area contributed by atoms with Crippen LogP contribution in [0.1, 0.15) is 43.2 Å². The predicted molar refractivity (Wildman–Crippen MR) is 173 cm³/mol. The van der Waals surface area contributed by atoms with E-state index in [9.17, 15) is 28.4 Å². The summed E-state index contributed by atoms with van der Waals surface area (Å²) in [5, 5.41) is 18.6. The van der Waals surface area contributed by atoms with E-state index in [1.807, 2.05) is 36.4 Å². The summed E-state index contributed by atoms with van der Waals surface area (Å²) in [5.74, 6) is -3.75. The fraction of sp³-hybridized carbons (Fsp3) is 0.333. The number of anilines is 1. The molecule has 1 fully saturated rings. The molecule has 3 amide bonds. The van der Waals surface area contributed by atoms with Gasteiger partial charge in [-0.3, -0.25) is 9.69 Å². The summed E-state index contributed by atoms with van der Waals surface area (Å²) in [7, 11) is 1.37. The van der Waals surface area contributed by atoms with Crippen molar-refractivity contribution in [2.75, 3.05) is 25.2 Å². The van der Waals surface area contributed by atoms with E-state index < -0.39 is 41.1 Å². The second-order valence-electron chi connectivity index (χ2n) is 11.8. The van der Waals surface area contributed by atoms with Crippen molar-refractivity contribution in [3.63, 3.8) is 0 Å². The monoisotopic (exact) mass is 657 g/mol. The van der Waals surface area contributed by atoms with Crippen molar-refractivity contribution in [1.29, 1.82) is 5.26 Å². The third-order valence-electron chi connectivity index (χ3n) is 8.71. The molecular formula is C36H37F2N5O5. The van der Waals surface area contributed by atoms with Crippen LogP contribution in [0.15, 0.2) is 90.1 Å². The summed E-state index contributed by atoms with van der Waals surface area (Å²) in [6, 6.07) is 23.4. The smallest absolute Gasteiger partial charge is 0.340 e. The number of nitrogens with zero attached hydrogens (tertiary/aromatic N) is 2. The van der Waals surface area contributed by atoms with Gasteiger partial charge in [0.25, 0.3) is 0 Å². The molecule has 1 aliphatic heterocycles. The van der Waals surface area contributed by atoms with Crippen LogP contribution in [0.25, 0.3) is 0 Å². The molecule has 3 N–H and O–H groups in total. The summed E-state index contributed by atoms with van der Waals surface area (Å²) in [6.45, 7) is -0.0717. The van der Waals surface area contributed by atoms with Gasteiger partial charge in [0.1, 0.15) is 18.3 Å². The lowest BCUT2D eigenvalue weighted by molar-refractivity contribution is -0.140. The third kappa shape index (κ3) is 7.87. The number of hydrogen-bond acceptors (Lipinski definition) is 7. The molecule has 48 heavy (non-hydrogen) atoms. The van der Waals surface area contributed by atoms with Crippen molar-refractivity contribution < 1.29 is 32.6 Å². The molecule has 1 atom stereocenters. The Balaban J connectivity index is 1.35. The van der Waals surface area contributed by atoms with Gasteiger partial charge in [0.05, 0.1) is 23.8 Å². The van der Waals surface area contributed by atoms with Crippen molar-refractivity contribution in [2.45, 2.75) is 56.3 Å². The van der Waals surface area contributed by atoms with Crippen molar-refractivity contribution in [1.82, 2.24) is 16.0 Å². The molecule has 3 aromatic carbocycles. The molecule has 1 unspecified atom stereocenters. The first-order chi connectivity index (χ1) is 23.2. The van der Waals surface area contributed by atoms with Gasteiger partial charge >= 0.3 is 12.0 Å². The minimum absolute atomic E-state index is 0.0509. The van der Waals surface area contributed by atoms with Crippen LogP contribution >= 0.6 is 0 Å². The molecule has 0 spiro atoms. The standard InChI is InChI=1S/C36H37F2N5O5/c1-47-22-30-32(34(45)48-21-24-8-4-2-5-9-24)33(42-35(46)41-30)43(27-12-13-28(37)29(38)20-27)31(44)16-19-40-26-14-17-36(23-39,18-15-26)25-10-6-3-7-11-25/h2-13,20,26,33,40H,14-19,21-22H2,1H3,(H2,41,42,46). The lowest BCUT2D eigenvalue weighted by Crippen LogP contribution is -2.60. The minimum Gasteiger partial charge on any atom is -0.457 e. The zero-order valence-electron chi connectivity index (χ0n) is 26.5. The highest BCUT2D eigenvalue weighted by Crippen LogP contribution is 2.39. The van der Waals surface area contributed by atoms with Crippen molar-refractivity contribution in [3.05, 3.63) is 113 Å². The van der Waals surface area contributed by atoms with Crippen molar-refractivity contribution in [3.8, 4) is 6.07 Å². The lowest BCUT2D eigenvalue weighted by atomic mass is 9.69. The number of esters is 1. The Hall–Kier alpha value is -5.12. The van der Waals surface area contributed by atoms with Gasteiger partial charge in [-0.25, -0.2) is 18.4 Å². The molecule has 0 aromatic heterocycles. The van der Waals surface area contributed by atoms with E-state index in [4.69, 9.17) is 9.47 Å². The largest absolute Gasteiger partial charge is 0.457 e. The average molecular weight is 658 g/mol. The number of carbonyl (C=O) groups is 3. The van der Waals surface area contributed by atoms with Crippen LogP contribution in [0.5, 0.6) is 0 Å². The summed E-state index contributed by atoms with van der Waals surface area (Å²) in [6.07, 6.45) is 1.21. The molecular weight excluding hydrogens is 620 g/mol. The number of benzene rings is 3. The van der Waals surface area contributed by atoms with Gasteiger partial charge in [-0.2, -0.15) is 5.26 Å². The first kappa shape index (κ1) is 34.2. The molecule has 0 radical (unpaired) electrons. The number of amides is 3. The Morgan fingerprint density at radius 3 is 2.33 bits per heavy atom. The van der Waals surface area contributed by atoms with E-state index in [0.717, 1.165) is 22.6 Å². The molecule has 0 saturated heterocycles. The van der Waals surface area contributed by atoms with E-state index in [1.165, 1.54) is 13.2 Å². The quantitative estimate of drug-likeness (QED) is 0.235. The Morgan fingerprint density at radius 1 is 1.00 bits per heavy atom. The molecule has 2 aliphatic rings. The summed E-state index contributed by atoms with van der Waals surface area (Å²) in [5.41, 5.74) is 0.997. The molecule has 1 heterocycles. The number of ether oxygens (including phenoxy) is 2. The molecule has 1 aliphatic carbocycles. The fourth-order valence-corrected chi connectivity index (χ4v) is 6.20. The Labute approximate surface area is 277 Å². The Bertz CT molecular complexity index is 1690. The highest BCUT2D eigenvalue weighted by molar-refractivity contribution is 6.01. The van der Waals surface area contributed by atoms with Crippen LogP contribution in [0, 0.1) is 23.0 Å². The first-order valence-electron chi connectivity index (χ1n) is 15.7. The highest BCUT2D eigenvalue weighted by Gasteiger charge is 2.40. The van der Waals surface area contributed by atoms with Crippen LogP contribution in [0.3, 0.4) is 0 Å². The summed E-state index contributed by atoms with van der Waals surface area (Å²) >= 11 is 0. The first-order valence-corrected chi connectivity index (χ1v) is 15.7. The number of rotatable bonds is 12. The maximum absolute atomic E-state index is 14.5. The van der Waals surface area contributed by atoms with Crippen LogP contribution in [-0.2, 0) is 31.1 Å². The van der Waals surface area contributed by atoms with Gasteiger partial charge in [0.2, 0.25) is 5.91 Å². The van der Waals surface area contributed by atoms with Crippen molar-refractivity contribution >= 4 is 23.6 Å². The van der Waals surface area contributed by atoms with E-state index >= 15 is 0 Å². The number of urea groups is 1. The zero-order valence-corrected chi connectivity index (χ0v) is 26.5. The van der Waals surface area contributed by atoms with Gasteiger partial charge in [0, 0.05) is 37.9 Å². The zero-order chi connectivity index (χ0) is 34.1. The Morgan fingerprint density at radius 2 is 1.69 bits per heavy atom. The SMILES string of the molecule is COCC1=C(C(=O)OCc2ccccc2)C(N(C(=O)CCNC2CCC(C#N)(c3ccccc3)CC2)c2ccc(F)c(F)c2)NC(=O)N1. The second kappa shape index (κ2) is 15.6. The van der Waals surface area contributed by atoms with Gasteiger partial charge < -0.3 is 25.4 Å². The van der Waals surface area contributed by atoms with E-state index in [0.29, 0.717) is 31.2 Å². The normalized spacial score (nSPS) is 20.7. The summed E-state index contributed by atoms with van der Waals surface area (Å²) in [4.78, 5) is 41.5. The number of hydrogen-bond donors (Lipinski definition) is 3. The number of nitrogens with one attached hydrogen (secondary N) is 3. The number of carbonyl (C=O) groups excluding carboxylic acids is 3. The minimum atomic E-state index is -1.43. The maximum Gasteiger partial charge on any atom is 0.340 e. The van der Waals surface area contributed by atoms with E-state index in [1.54, 1.807) is 24.3 Å². The number of halogens is 2. The predicted octanol–water partition coefficient (Wildman–Crippen LogP) is 4.96. The van der Waals surface area contributed by atoms with Crippen LogP contribution in [-0.4, -0.2) is 50.4 Å². The Kier molecular flexibility index (Phi) is 11.2. The molecule has 0 bridgehead atoms. The molecule has 1 saturated carbocycles. The van der Waals surface area contributed by atoms with Crippen LogP contribution < -0.4 is 20.9 Å². The lowest BCUT2D eigenvalue weighted by Gasteiger charge is -2.37. The molecule has 3 aromatic rings. The third-order valence-corrected chi connectivity index (χ3v) is 8.71. The molecule has 5 rings (SSSR count). The average Bonchev–Trinajstić information content (AvgIpc) is 3.10. The number of nitriles is 1. The summed E-state index contributed by atoms with van der Waals surface area (Å²) < 4.78 is 39.4. The van der Waals surface area contributed by atoms with Gasteiger partial charge in [-0.05, 0) is 48.9 Å². The number of methoxy groups -OCH3 is 1. The molecule has 10 nitrogen and oxygen atoms in total. The fourth-order valence-electron chi connectivity index (χ4n) is 6.20.